The summed E-state index contributed by atoms with van der Waals surface area (Å²) in [7, 11) is 3.34. The van der Waals surface area contributed by atoms with Gasteiger partial charge in [0.2, 0.25) is 5.91 Å². The number of halogens is 3. The SMILES string of the molecule is CNc1cc(N2CCc3c(-c4ncc(CN5CC6(CCN(Cc7ccc(OC)c(N8CCC(=O)NC8=O)c7)CC6(F)F)C5)cc4F)cccc32)nn2c(C)cnc12. The first-order valence-electron chi connectivity index (χ1n) is 19.1. The molecule has 9 rings (SSSR count). The maximum Gasteiger partial charge on any atom is 0.328 e. The summed E-state index contributed by atoms with van der Waals surface area (Å²) in [4.78, 5) is 40.5. The van der Waals surface area contributed by atoms with Gasteiger partial charge in [0.1, 0.15) is 17.3 Å². The summed E-state index contributed by atoms with van der Waals surface area (Å²) < 4.78 is 55.0. The van der Waals surface area contributed by atoms with E-state index in [9.17, 15) is 9.59 Å². The Kier molecular flexibility index (Phi) is 9.07. The van der Waals surface area contributed by atoms with Crippen LogP contribution in [0, 0.1) is 18.2 Å². The summed E-state index contributed by atoms with van der Waals surface area (Å²) in [6, 6.07) is 14.0. The molecule has 0 aliphatic carbocycles. The number of imide groups is 1. The van der Waals surface area contributed by atoms with Crippen LogP contribution in [0.1, 0.15) is 35.2 Å². The van der Waals surface area contributed by atoms with Gasteiger partial charge < -0.3 is 15.0 Å². The average molecular weight is 781 g/mol. The molecule has 5 aromatic rings. The van der Waals surface area contributed by atoms with E-state index in [0.29, 0.717) is 49.5 Å². The number of hydrogen-bond donors (Lipinski definition) is 2. The van der Waals surface area contributed by atoms with E-state index < -0.39 is 29.7 Å². The van der Waals surface area contributed by atoms with Crippen LogP contribution in [-0.2, 0) is 24.3 Å². The molecule has 0 saturated carbocycles. The number of pyridine rings is 1. The van der Waals surface area contributed by atoms with E-state index in [2.05, 4.69) is 25.5 Å². The van der Waals surface area contributed by atoms with Crippen molar-refractivity contribution < 1.29 is 27.5 Å². The molecule has 3 amide bonds. The molecule has 7 heterocycles. The van der Waals surface area contributed by atoms with E-state index in [4.69, 9.17) is 9.84 Å². The maximum absolute atomic E-state index is 15.9. The van der Waals surface area contributed by atoms with Crippen LogP contribution in [0.2, 0.25) is 0 Å². The fraction of sp³-hybridized carbons (Fsp3) is 0.390. The Morgan fingerprint density at radius 3 is 2.46 bits per heavy atom. The smallest absolute Gasteiger partial charge is 0.328 e. The Hall–Kier alpha value is -5.74. The highest BCUT2D eigenvalue weighted by Gasteiger charge is 2.62. The first-order chi connectivity index (χ1) is 27.5. The standard InChI is InChI=1S/C41H43F3N10O3/c1-25-18-47-38-31(45-2)17-35(49-54(25)38)52-12-9-28-29(5-4-6-32(28)52)37-30(42)15-27(19-46-37)21-51-22-40(23-51)11-14-50(24-41(40,43)44)20-26-7-8-34(57-3)33(16-26)53-13-10-36(55)48-39(53)56/h4-8,15-19,45H,9-14,20-24H2,1-3H3,(H,48,55,56). The van der Waals surface area contributed by atoms with Gasteiger partial charge in [-0.05, 0) is 67.3 Å². The Labute approximate surface area is 327 Å². The van der Waals surface area contributed by atoms with Crippen molar-refractivity contribution >= 4 is 40.5 Å². The minimum Gasteiger partial charge on any atom is -0.495 e. The highest BCUT2D eigenvalue weighted by atomic mass is 19.3. The van der Waals surface area contributed by atoms with Gasteiger partial charge in [0.05, 0.1) is 42.3 Å². The second kappa shape index (κ2) is 14.0. The number of rotatable bonds is 9. The number of ether oxygens (including phenoxy) is 1. The maximum atomic E-state index is 15.9. The van der Waals surface area contributed by atoms with Crippen molar-refractivity contribution in [1.82, 2.24) is 34.7 Å². The predicted molar refractivity (Wildman–Crippen MR) is 209 cm³/mol. The summed E-state index contributed by atoms with van der Waals surface area (Å²) >= 11 is 0. The van der Waals surface area contributed by atoms with Gasteiger partial charge in [-0.25, -0.2) is 27.5 Å². The number of methoxy groups -OCH3 is 1. The molecule has 13 nitrogen and oxygen atoms in total. The summed E-state index contributed by atoms with van der Waals surface area (Å²) in [6.45, 7) is 3.94. The zero-order valence-electron chi connectivity index (χ0n) is 32.0. The number of aryl methyl sites for hydroxylation is 1. The average Bonchev–Trinajstić information content (AvgIpc) is 3.78. The highest BCUT2D eigenvalue weighted by Crippen LogP contribution is 2.51. The summed E-state index contributed by atoms with van der Waals surface area (Å²) in [5.74, 6) is -2.52. The molecule has 3 fully saturated rings. The number of urea groups is 1. The van der Waals surface area contributed by atoms with Crippen LogP contribution in [0.3, 0.4) is 0 Å². The monoisotopic (exact) mass is 780 g/mol. The van der Waals surface area contributed by atoms with E-state index in [1.807, 2.05) is 53.7 Å². The second-order valence-electron chi connectivity index (χ2n) is 15.5. The minimum absolute atomic E-state index is 0.157. The Morgan fingerprint density at radius 1 is 0.895 bits per heavy atom. The molecular formula is C41H43F3N10O3. The number of nitrogens with one attached hydrogen (secondary N) is 2. The number of benzene rings is 2. The fourth-order valence-corrected chi connectivity index (χ4v) is 8.92. The fourth-order valence-electron chi connectivity index (χ4n) is 8.92. The summed E-state index contributed by atoms with van der Waals surface area (Å²) in [6.07, 6.45) is 4.61. The molecule has 2 aromatic carbocycles. The van der Waals surface area contributed by atoms with Crippen LogP contribution < -0.4 is 25.2 Å². The molecule has 3 aromatic heterocycles. The van der Waals surface area contributed by atoms with Gasteiger partial charge in [0.15, 0.2) is 11.5 Å². The van der Waals surface area contributed by atoms with E-state index in [-0.39, 0.29) is 44.2 Å². The van der Waals surface area contributed by atoms with Crippen LogP contribution in [0.4, 0.5) is 40.8 Å². The zero-order valence-corrected chi connectivity index (χ0v) is 32.0. The number of carbonyl (C=O) groups is 2. The lowest BCUT2D eigenvalue weighted by Crippen LogP contribution is -2.69. The van der Waals surface area contributed by atoms with Crippen LogP contribution in [0.5, 0.6) is 5.75 Å². The number of fused-ring (bicyclic) bond motifs is 2. The molecule has 16 heteroatoms. The van der Waals surface area contributed by atoms with E-state index in [0.717, 1.165) is 45.2 Å². The quantitative estimate of drug-likeness (QED) is 0.191. The molecule has 0 unspecified atom stereocenters. The van der Waals surface area contributed by atoms with E-state index in [1.165, 1.54) is 18.1 Å². The lowest BCUT2D eigenvalue weighted by molar-refractivity contribution is -0.227. The van der Waals surface area contributed by atoms with Crippen molar-refractivity contribution in [3.8, 4) is 17.0 Å². The van der Waals surface area contributed by atoms with Gasteiger partial charge in [-0.3, -0.25) is 29.8 Å². The zero-order chi connectivity index (χ0) is 39.6. The second-order valence-corrected chi connectivity index (χ2v) is 15.5. The normalized spacial score (nSPS) is 19.2. The van der Waals surface area contributed by atoms with Gasteiger partial charge >= 0.3 is 6.03 Å². The Balaban J connectivity index is 0.848. The highest BCUT2D eigenvalue weighted by molar-refractivity contribution is 6.06. The number of nitrogens with zero attached hydrogens (tertiary/aromatic N) is 8. The number of amides is 3. The predicted octanol–water partition coefficient (Wildman–Crippen LogP) is 5.77. The van der Waals surface area contributed by atoms with Crippen LogP contribution >= 0.6 is 0 Å². The topological polar surface area (TPSA) is 123 Å². The third-order valence-corrected chi connectivity index (χ3v) is 11.9. The molecule has 2 N–H and O–H groups in total. The number of imidazole rings is 1. The van der Waals surface area contributed by atoms with E-state index in [1.54, 1.807) is 29.4 Å². The van der Waals surface area contributed by atoms with Gasteiger partial charge in [-0.15, -0.1) is 5.10 Å². The first-order valence-corrected chi connectivity index (χ1v) is 19.1. The molecule has 0 atom stereocenters. The third kappa shape index (κ3) is 6.40. The largest absolute Gasteiger partial charge is 0.495 e. The van der Waals surface area contributed by atoms with Gasteiger partial charge in [0, 0.05) is 76.3 Å². The number of aromatic nitrogens is 4. The van der Waals surface area contributed by atoms with Crippen molar-refractivity contribution in [3.05, 3.63) is 89.1 Å². The summed E-state index contributed by atoms with van der Waals surface area (Å²) in [5, 5.41) is 10.4. The Morgan fingerprint density at radius 2 is 1.70 bits per heavy atom. The molecule has 4 aliphatic rings. The number of likely N-dealkylation sites (tertiary alicyclic amines) is 2. The van der Waals surface area contributed by atoms with Crippen molar-refractivity contribution in [1.29, 1.82) is 0 Å². The molecule has 296 valence electrons. The van der Waals surface area contributed by atoms with Gasteiger partial charge in [-0.2, -0.15) is 0 Å². The Bertz CT molecular complexity index is 2420. The minimum atomic E-state index is -2.94. The number of piperidine rings is 1. The molecule has 57 heavy (non-hydrogen) atoms. The van der Waals surface area contributed by atoms with Gasteiger partial charge in [-0.1, -0.05) is 18.2 Å². The van der Waals surface area contributed by atoms with Crippen molar-refractivity contribution in [2.45, 2.75) is 45.2 Å². The molecule has 0 bridgehead atoms. The van der Waals surface area contributed by atoms with Crippen molar-refractivity contribution in [2.24, 2.45) is 5.41 Å². The molecule has 0 radical (unpaired) electrons. The number of anilines is 4. The van der Waals surface area contributed by atoms with E-state index >= 15 is 13.2 Å². The number of alkyl halides is 2. The van der Waals surface area contributed by atoms with Crippen LogP contribution in [-0.4, -0.2) is 101 Å². The van der Waals surface area contributed by atoms with Crippen molar-refractivity contribution in [3.63, 3.8) is 0 Å². The van der Waals surface area contributed by atoms with Crippen molar-refractivity contribution in [2.75, 3.05) is 68.5 Å². The lowest BCUT2D eigenvalue weighted by Gasteiger charge is -2.57. The number of carbonyl (C=O) groups excluding carboxylic acids is 2. The van der Waals surface area contributed by atoms with Crippen LogP contribution in [0.25, 0.3) is 16.9 Å². The number of hydrogen-bond acceptors (Lipinski definition) is 10. The molecular weight excluding hydrogens is 738 g/mol. The lowest BCUT2D eigenvalue weighted by atomic mass is 9.69. The first kappa shape index (κ1) is 36.9. The van der Waals surface area contributed by atoms with Crippen LogP contribution in [0.15, 0.2) is 60.9 Å². The third-order valence-electron chi connectivity index (χ3n) is 11.9. The van der Waals surface area contributed by atoms with Gasteiger partial charge in [0.25, 0.3) is 5.92 Å². The summed E-state index contributed by atoms with van der Waals surface area (Å²) in [5.41, 5.74) is 6.17. The molecule has 4 aliphatic heterocycles. The molecule has 3 saturated heterocycles. The molecule has 1 spiro atoms.